The van der Waals surface area contributed by atoms with E-state index in [1.165, 1.54) is 5.56 Å². The number of hydrogen-bond donors (Lipinski definition) is 1. The topological polar surface area (TPSA) is 42.0 Å². The lowest BCUT2D eigenvalue weighted by atomic mass is 9.89. The van der Waals surface area contributed by atoms with E-state index in [1.54, 1.807) is 24.5 Å². The summed E-state index contributed by atoms with van der Waals surface area (Å²) in [5, 5.41) is 3.12. The fraction of sp³-hybridized carbons (Fsp3) is 0.294. The van der Waals surface area contributed by atoms with Gasteiger partial charge >= 0.3 is 0 Å². The fourth-order valence-electron chi connectivity index (χ4n) is 2.80. The molecule has 0 bridgehead atoms. The Morgan fingerprint density at radius 1 is 1.29 bits per heavy atom. The molecule has 0 saturated heterocycles. The average Bonchev–Trinajstić information content (AvgIpc) is 3.30. The van der Waals surface area contributed by atoms with Gasteiger partial charge in [-0.3, -0.25) is 9.78 Å². The molecule has 2 aromatic rings. The highest BCUT2D eigenvalue weighted by molar-refractivity contribution is 9.10. The molecule has 3 rings (SSSR count). The van der Waals surface area contributed by atoms with Crippen LogP contribution in [0.3, 0.4) is 0 Å². The van der Waals surface area contributed by atoms with Crippen LogP contribution >= 0.6 is 15.9 Å². The van der Waals surface area contributed by atoms with E-state index in [0.29, 0.717) is 5.56 Å². The van der Waals surface area contributed by atoms with Crippen molar-refractivity contribution >= 4 is 21.8 Å². The van der Waals surface area contributed by atoms with Gasteiger partial charge in [-0.25, -0.2) is 0 Å². The predicted molar refractivity (Wildman–Crippen MR) is 86.2 cm³/mol. The van der Waals surface area contributed by atoms with Gasteiger partial charge in [0.1, 0.15) is 0 Å². The molecule has 1 heterocycles. The van der Waals surface area contributed by atoms with Gasteiger partial charge in [-0.1, -0.05) is 28.1 Å². The van der Waals surface area contributed by atoms with Crippen molar-refractivity contribution in [2.45, 2.75) is 31.2 Å². The number of pyridine rings is 1. The maximum Gasteiger partial charge on any atom is 0.253 e. The number of carbonyl (C=O) groups excluding carboxylic acids is 1. The van der Waals surface area contributed by atoms with Crippen molar-refractivity contribution in [1.29, 1.82) is 0 Å². The lowest BCUT2D eigenvalue weighted by Gasteiger charge is -2.25. The Hall–Kier alpha value is -1.68. The molecule has 1 fully saturated rings. The summed E-state index contributed by atoms with van der Waals surface area (Å²) in [6.07, 6.45) is 5.50. The molecule has 1 N–H and O–H groups in total. The molecule has 0 aliphatic heterocycles. The van der Waals surface area contributed by atoms with E-state index in [1.807, 2.05) is 0 Å². The molecule has 1 atom stereocenters. The van der Waals surface area contributed by atoms with Crippen LogP contribution in [0.5, 0.6) is 0 Å². The molecule has 1 aliphatic rings. The molecule has 108 valence electrons. The summed E-state index contributed by atoms with van der Waals surface area (Å²) in [7, 11) is 0. The number of nitrogens with one attached hydrogen (secondary N) is 1. The molecule has 21 heavy (non-hydrogen) atoms. The summed E-state index contributed by atoms with van der Waals surface area (Å²) in [4.78, 5) is 16.2. The van der Waals surface area contributed by atoms with Crippen LogP contribution in [-0.2, 0) is 5.41 Å². The fourth-order valence-corrected chi connectivity index (χ4v) is 3.07. The van der Waals surface area contributed by atoms with Gasteiger partial charge in [0.2, 0.25) is 0 Å². The van der Waals surface area contributed by atoms with Crippen molar-refractivity contribution in [3.05, 3.63) is 64.4 Å². The first-order valence-electron chi connectivity index (χ1n) is 7.09. The quantitative estimate of drug-likeness (QED) is 0.918. The van der Waals surface area contributed by atoms with E-state index >= 15 is 0 Å². The number of aromatic nitrogens is 1. The Labute approximate surface area is 132 Å². The van der Waals surface area contributed by atoms with Crippen LogP contribution in [0.4, 0.5) is 0 Å². The molecule has 3 nitrogen and oxygen atoms in total. The van der Waals surface area contributed by atoms with Crippen molar-refractivity contribution < 1.29 is 4.79 Å². The normalized spacial score (nSPS) is 17.0. The van der Waals surface area contributed by atoms with Crippen molar-refractivity contribution in [2.24, 2.45) is 0 Å². The van der Waals surface area contributed by atoms with E-state index in [-0.39, 0.29) is 17.4 Å². The minimum atomic E-state index is -0.0565. The van der Waals surface area contributed by atoms with Gasteiger partial charge in [-0.15, -0.1) is 0 Å². The Morgan fingerprint density at radius 3 is 2.57 bits per heavy atom. The van der Waals surface area contributed by atoms with E-state index in [4.69, 9.17) is 0 Å². The van der Waals surface area contributed by atoms with Crippen LogP contribution in [0.15, 0.2) is 53.3 Å². The van der Waals surface area contributed by atoms with Gasteiger partial charge in [0.05, 0.1) is 5.56 Å². The largest absolute Gasteiger partial charge is 0.349 e. The summed E-state index contributed by atoms with van der Waals surface area (Å²) in [6, 6.07) is 12.1. The zero-order valence-corrected chi connectivity index (χ0v) is 13.4. The van der Waals surface area contributed by atoms with Gasteiger partial charge in [-0.2, -0.15) is 0 Å². The minimum Gasteiger partial charge on any atom is -0.349 e. The number of amides is 1. The lowest BCUT2D eigenvalue weighted by Crippen LogP contribution is -2.41. The number of nitrogens with zero attached hydrogens (tertiary/aromatic N) is 1. The van der Waals surface area contributed by atoms with Gasteiger partial charge in [0.25, 0.3) is 5.91 Å². The summed E-state index contributed by atoms with van der Waals surface area (Å²) in [5.41, 5.74) is 1.99. The zero-order chi connectivity index (χ0) is 14.9. The minimum absolute atomic E-state index is 0.0565. The number of hydrogen-bond acceptors (Lipinski definition) is 2. The first-order valence-corrected chi connectivity index (χ1v) is 7.88. The molecule has 0 radical (unpaired) electrons. The molecule has 1 aliphatic carbocycles. The van der Waals surface area contributed by atoms with Crippen LogP contribution in [-0.4, -0.2) is 16.9 Å². The van der Waals surface area contributed by atoms with Crippen LogP contribution in [0.1, 0.15) is 35.7 Å². The standard InChI is InChI=1S/C17H17BrN2O/c1-12(20-16(21)13-3-2-10-19-11-13)17(8-9-17)14-4-6-15(18)7-5-14/h2-7,10-12H,8-9H2,1H3,(H,20,21). The Morgan fingerprint density at radius 2 is 2.00 bits per heavy atom. The summed E-state index contributed by atoms with van der Waals surface area (Å²) < 4.78 is 1.08. The Balaban J connectivity index is 1.75. The van der Waals surface area contributed by atoms with Gasteiger partial charge < -0.3 is 5.32 Å². The molecule has 1 aromatic heterocycles. The highest BCUT2D eigenvalue weighted by atomic mass is 79.9. The molecule has 1 aromatic carbocycles. The molecular formula is C17H17BrN2O. The Bertz CT molecular complexity index is 636. The maximum atomic E-state index is 12.3. The van der Waals surface area contributed by atoms with Crippen LogP contribution in [0, 0.1) is 0 Å². The van der Waals surface area contributed by atoms with Gasteiger partial charge in [0, 0.05) is 28.3 Å². The number of carbonyl (C=O) groups is 1. The third kappa shape index (κ3) is 2.86. The number of rotatable bonds is 4. The van der Waals surface area contributed by atoms with E-state index < -0.39 is 0 Å². The predicted octanol–water partition coefficient (Wildman–Crippen LogP) is 3.69. The van der Waals surface area contributed by atoms with Crippen molar-refractivity contribution in [2.75, 3.05) is 0 Å². The monoisotopic (exact) mass is 344 g/mol. The molecule has 4 heteroatoms. The second-order valence-corrected chi connectivity index (χ2v) is 6.52. The van der Waals surface area contributed by atoms with Crippen LogP contribution < -0.4 is 5.32 Å². The molecule has 1 amide bonds. The summed E-state index contributed by atoms with van der Waals surface area (Å²) >= 11 is 3.46. The molecule has 1 saturated carbocycles. The van der Waals surface area contributed by atoms with Crippen LogP contribution in [0.2, 0.25) is 0 Å². The third-order valence-corrected chi connectivity index (χ3v) is 4.84. The van der Waals surface area contributed by atoms with Gasteiger partial charge in [-0.05, 0) is 49.6 Å². The number of halogens is 1. The summed E-state index contributed by atoms with van der Waals surface area (Å²) in [6.45, 7) is 2.09. The van der Waals surface area contributed by atoms with E-state index in [0.717, 1.165) is 17.3 Å². The first-order chi connectivity index (χ1) is 10.1. The van der Waals surface area contributed by atoms with Crippen molar-refractivity contribution in [3.8, 4) is 0 Å². The second kappa shape index (κ2) is 5.60. The van der Waals surface area contributed by atoms with E-state index in [9.17, 15) is 4.79 Å². The smallest absolute Gasteiger partial charge is 0.253 e. The molecule has 1 unspecified atom stereocenters. The van der Waals surface area contributed by atoms with Gasteiger partial charge in [0.15, 0.2) is 0 Å². The SMILES string of the molecule is CC(NC(=O)c1cccnc1)C1(c2ccc(Br)cc2)CC1. The molecular weight excluding hydrogens is 328 g/mol. The highest BCUT2D eigenvalue weighted by Crippen LogP contribution is 2.51. The maximum absolute atomic E-state index is 12.3. The highest BCUT2D eigenvalue weighted by Gasteiger charge is 2.49. The van der Waals surface area contributed by atoms with Crippen LogP contribution in [0.25, 0.3) is 0 Å². The number of benzene rings is 1. The van der Waals surface area contributed by atoms with Crippen molar-refractivity contribution in [1.82, 2.24) is 10.3 Å². The Kier molecular flexibility index (Phi) is 3.81. The first kappa shape index (κ1) is 14.3. The lowest BCUT2D eigenvalue weighted by molar-refractivity contribution is 0.0931. The molecule has 0 spiro atoms. The second-order valence-electron chi connectivity index (χ2n) is 5.60. The zero-order valence-electron chi connectivity index (χ0n) is 11.8. The summed E-state index contributed by atoms with van der Waals surface area (Å²) in [5.74, 6) is -0.0565. The van der Waals surface area contributed by atoms with Crippen molar-refractivity contribution in [3.63, 3.8) is 0 Å². The third-order valence-electron chi connectivity index (χ3n) is 4.31. The van der Waals surface area contributed by atoms with E-state index in [2.05, 4.69) is 57.4 Å². The average molecular weight is 345 g/mol.